The van der Waals surface area contributed by atoms with Gasteiger partial charge in [-0.05, 0) is 97.7 Å². The molecular weight excluding hydrogens is 681 g/mol. The van der Waals surface area contributed by atoms with Gasteiger partial charge in [0.15, 0.2) is 0 Å². The monoisotopic (exact) mass is 724 g/mol. The summed E-state index contributed by atoms with van der Waals surface area (Å²) in [6.45, 7) is 8.39. The van der Waals surface area contributed by atoms with E-state index in [0.717, 1.165) is 50.5 Å². The van der Waals surface area contributed by atoms with Gasteiger partial charge in [-0.2, -0.15) is 0 Å². The molecule has 3 saturated carbocycles. The van der Waals surface area contributed by atoms with Crippen LogP contribution in [0, 0.1) is 46.3 Å². The zero-order valence-corrected chi connectivity index (χ0v) is 36.0. The molecule has 0 aromatic heterocycles. The van der Waals surface area contributed by atoms with Crippen molar-refractivity contribution < 1.29 is 140 Å². The van der Waals surface area contributed by atoms with E-state index in [1.54, 1.807) is 0 Å². The molecule has 3 fully saturated rings. The number of rotatable bonds is 12. The third-order valence-electron chi connectivity index (χ3n) is 11.0. The third kappa shape index (κ3) is 11.4. The summed E-state index contributed by atoms with van der Waals surface area (Å²) >= 11 is 0. The number of hydrogen-bond donors (Lipinski definition) is 0. The Hall–Kier alpha value is 2.35. The van der Waals surface area contributed by atoms with Crippen LogP contribution in [0.1, 0.15) is 91.9 Å². The van der Waals surface area contributed by atoms with Crippen molar-refractivity contribution in [3.05, 3.63) is 11.6 Å². The Labute approximate surface area is 336 Å². The molecule has 0 aliphatic heterocycles. The van der Waals surface area contributed by atoms with E-state index in [2.05, 4.69) is 25.0 Å². The molecule has 4 aliphatic carbocycles. The fourth-order valence-corrected chi connectivity index (χ4v) is 10.7. The molecule has 0 bridgehead atoms. The molecule has 0 amide bonds. The molecule has 0 aromatic rings. The van der Waals surface area contributed by atoms with E-state index in [1.165, 1.54) is 0 Å². The molecule has 4 aliphatic rings. The molecule has 0 aromatic carbocycles. The smallest absolute Gasteiger partial charge is 0.726 e. The zero-order valence-electron chi connectivity index (χ0n) is 27.6. The van der Waals surface area contributed by atoms with Crippen molar-refractivity contribution in [3.8, 4) is 0 Å². The van der Waals surface area contributed by atoms with Crippen molar-refractivity contribution in [2.45, 2.75) is 104 Å². The van der Waals surface area contributed by atoms with Crippen LogP contribution in [-0.2, 0) is 43.7 Å². The first-order valence-electron chi connectivity index (χ1n) is 14.8. The second-order valence-corrected chi connectivity index (χ2v) is 16.8. The molecule has 0 saturated heterocycles. The summed E-state index contributed by atoms with van der Waals surface area (Å²) in [6, 6.07) is 0. The quantitative estimate of drug-likeness (QED) is 0.0804. The van der Waals surface area contributed by atoms with Gasteiger partial charge in [0, 0.05) is 0 Å². The van der Waals surface area contributed by atoms with Gasteiger partial charge in [-0.1, -0.05) is 52.2 Å². The molecule has 0 spiro atoms. The summed E-state index contributed by atoms with van der Waals surface area (Å²) < 4.78 is 117. The summed E-state index contributed by atoms with van der Waals surface area (Å²) in [4.78, 5) is 0. The van der Waals surface area contributed by atoms with Crippen LogP contribution in [0.4, 0.5) is 0 Å². The predicted molar refractivity (Wildman–Crippen MR) is 148 cm³/mol. The van der Waals surface area contributed by atoms with E-state index in [0.29, 0.717) is 12.3 Å². The van der Waals surface area contributed by atoms with Gasteiger partial charge in [0.1, 0.15) is 12.2 Å². The zero-order chi connectivity index (χ0) is 31.3. The summed E-state index contributed by atoms with van der Waals surface area (Å²) in [7, 11) is -15.2. The fraction of sp³-hybridized carbons (Fsp3) is 0.926. The van der Waals surface area contributed by atoms with Gasteiger partial charge >= 0.3 is 88.7 Å². The first kappa shape index (κ1) is 45.4. The van der Waals surface area contributed by atoms with Crippen LogP contribution < -0.4 is 88.7 Å². The van der Waals surface area contributed by atoms with Gasteiger partial charge in [0.2, 0.25) is 31.2 Å². The molecule has 0 radical (unpaired) electrons. The van der Waals surface area contributed by atoms with Crippen LogP contribution in [-0.4, -0.2) is 57.7 Å². The summed E-state index contributed by atoms with van der Waals surface area (Å²) in [6.07, 6.45) is 5.98. The van der Waals surface area contributed by atoms with E-state index in [9.17, 15) is 38.9 Å². The normalized spacial score (nSPS) is 35.4. The topological polar surface area (TPSA) is 199 Å². The van der Waals surface area contributed by atoms with Crippen LogP contribution in [0.25, 0.3) is 0 Å². The van der Waals surface area contributed by atoms with E-state index in [-0.39, 0.29) is 143 Å². The van der Waals surface area contributed by atoms with Crippen LogP contribution in [0.15, 0.2) is 11.6 Å². The first-order valence-corrected chi connectivity index (χ1v) is 18.8. The largest absolute Gasteiger partial charge is 1.00 e. The Morgan fingerprint density at radius 3 is 2.00 bits per heavy atom. The van der Waals surface area contributed by atoms with Crippen LogP contribution >= 0.6 is 0 Å². The van der Waals surface area contributed by atoms with Crippen LogP contribution in [0.5, 0.6) is 0 Å². The molecule has 18 heteroatoms. The van der Waals surface area contributed by atoms with Gasteiger partial charge in [-0.15, -0.1) is 0 Å². The predicted octanol–water partition coefficient (Wildman–Crippen LogP) is -5.20. The van der Waals surface area contributed by atoms with Gasteiger partial charge in [-0.25, -0.2) is 25.3 Å². The molecule has 0 heterocycles. The number of fused-ring (bicyclic) bond motifs is 5. The van der Waals surface area contributed by atoms with Gasteiger partial charge in [-0.3, -0.25) is 12.5 Å². The minimum atomic E-state index is -5.20. The van der Waals surface area contributed by atoms with Crippen molar-refractivity contribution in [2.75, 3.05) is 6.61 Å². The number of hydrogen-bond acceptors (Lipinski definition) is 12. The summed E-state index contributed by atoms with van der Waals surface area (Å²) in [5, 5.41) is 0. The van der Waals surface area contributed by atoms with E-state index >= 15 is 0 Å². The minimum Gasteiger partial charge on any atom is -0.726 e. The molecule has 9 atom stereocenters. The Morgan fingerprint density at radius 1 is 0.844 bits per heavy atom. The Bertz CT molecular complexity index is 1360. The Kier molecular flexibility index (Phi) is 17.4. The number of allylic oxidation sites excluding steroid dienone is 1. The standard InChI is InChI=1S/C27H46O12S3.3Na/c1-17(2)6-5-7-18(16-37-40(28,29)30)21-10-11-22-20-9-8-19-14-24(38-41(31,32)33)25(39-42(34,35)36)15-27(19,4)23(20)12-13-26(21,22)3;;;/h8,17-18,20-25H,5-7,9-16H2,1-4H3,(H,28,29,30)(H,31,32,33)(H,34,35,36);;;/q;3*+1/p-3/t18-,20-,21+,22-,23-,24-,25-,26+,27-;;;/m0.../s1. The Balaban J connectivity index is 0.00000337. The van der Waals surface area contributed by atoms with Gasteiger partial charge < -0.3 is 13.7 Å². The molecule has 244 valence electrons. The fourth-order valence-electron chi connectivity index (χ4n) is 9.32. The van der Waals surface area contributed by atoms with E-state index < -0.39 is 48.8 Å². The molecule has 0 N–H and O–H groups in total. The van der Waals surface area contributed by atoms with Crippen molar-refractivity contribution in [2.24, 2.45) is 46.3 Å². The van der Waals surface area contributed by atoms with Crippen molar-refractivity contribution >= 4 is 31.2 Å². The molecule has 45 heavy (non-hydrogen) atoms. The van der Waals surface area contributed by atoms with Crippen LogP contribution in [0.2, 0.25) is 0 Å². The SMILES string of the molecule is CC(C)CCC[C@@H](COS(=O)(=O)[O-])[C@H]1CC[C@H]2[C@@H]3CC=C4C[C@H](OS(=O)(=O)[O-])[C@@H](OS(=O)(=O)[O-])C[C@]4(C)[C@H]3CC[C@]12C.[Na+].[Na+].[Na+]. The molecule has 0 unspecified atom stereocenters. The molecule has 12 nitrogen and oxygen atoms in total. The van der Waals surface area contributed by atoms with Gasteiger partial charge in [0.05, 0.1) is 6.61 Å². The van der Waals surface area contributed by atoms with Crippen molar-refractivity contribution in [3.63, 3.8) is 0 Å². The maximum absolute atomic E-state index is 11.5. The van der Waals surface area contributed by atoms with Crippen molar-refractivity contribution in [1.29, 1.82) is 0 Å². The third-order valence-corrected chi connectivity index (χ3v) is 12.4. The second kappa shape index (κ2) is 17.2. The second-order valence-electron chi connectivity index (χ2n) is 13.8. The molecular formula is C27H43Na3O12S3. The van der Waals surface area contributed by atoms with Crippen LogP contribution in [0.3, 0.4) is 0 Å². The van der Waals surface area contributed by atoms with Crippen molar-refractivity contribution in [1.82, 2.24) is 0 Å². The van der Waals surface area contributed by atoms with Gasteiger partial charge in [0.25, 0.3) is 0 Å². The average Bonchev–Trinajstić information content (AvgIpc) is 3.16. The maximum atomic E-state index is 11.5. The summed E-state index contributed by atoms with van der Waals surface area (Å²) in [5.41, 5.74) is 0.159. The van der Waals surface area contributed by atoms with E-state index in [1.807, 2.05) is 13.0 Å². The minimum absolute atomic E-state index is 0. The first-order chi connectivity index (χ1) is 19.2. The Morgan fingerprint density at radius 2 is 1.44 bits per heavy atom. The average molecular weight is 725 g/mol. The summed E-state index contributed by atoms with van der Waals surface area (Å²) in [5.74, 6) is 1.19. The maximum Gasteiger partial charge on any atom is 1.00 e. The van der Waals surface area contributed by atoms with E-state index in [4.69, 9.17) is 8.37 Å². The molecule has 4 rings (SSSR count).